The lowest BCUT2D eigenvalue weighted by atomic mass is 9.43. The molecule has 53 heavy (non-hydrogen) atoms. The standard InChI is InChI=1S/C39H64O14/c1-16-8-11-39(48-15-16)17(2)26-23(53-39)13-22-20-7-6-19-12-24(29(43)34(47)38(19,5)21(20)9-10-37(22,26)4)50-36-33(31(45)28(42)25(14-40)51-36)52-35-32(46)30(44)27(41)18(3)49-35/h16-36,40-47H,6-15H2,1-5H3/t16-,17+,18+,19+,20-,21+,22+,23+,24-,25-,26+,27+,28+,29+,30-,31+,32-,33-,34-,35+,36-,37+,38+,39-/m1/s1. The number of hydrogen-bond donors (Lipinski definition) is 8. The van der Waals surface area contributed by atoms with Gasteiger partial charge in [-0.05, 0) is 92.8 Å². The topological polar surface area (TPSA) is 217 Å². The Labute approximate surface area is 312 Å². The molecule has 0 aromatic rings. The molecule has 4 saturated carbocycles. The van der Waals surface area contributed by atoms with Gasteiger partial charge in [0.05, 0.1) is 37.6 Å². The summed E-state index contributed by atoms with van der Waals surface area (Å²) in [4.78, 5) is 0. The molecule has 0 radical (unpaired) electrons. The molecule has 24 atom stereocenters. The zero-order valence-corrected chi connectivity index (χ0v) is 31.7. The van der Waals surface area contributed by atoms with Crippen LogP contribution >= 0.6 is 0 Å². The summed E-state index contributed by atoms with van der Waals surface area (Å²) in [5, 5.41) is 86.9. The molecule has 14 heteroatoms. The van der Waals surface area contributed by atoms with Crippen LogP contribution in [0.4, 0.5) is 0 Å². The van der Waals surface area contributed by atoms with Gasteiger partial charge in [0.25, 0.3) is 0 Å². The average Bonchev–Trinajstić information content (AvgIpc) is 3.58. The van der Waals surface area contributed by atoms with Crippen LogP contribution in [0.5, 0.6) is 0 Å². The molecule has 4 saturated heterocycles. The molecule has 8 rings (SSSR count). The van der Waals surface area contributed by atoms with Crippen molar-refractivity contribution in [3.63, 3.8) is 0 Å². The Morgan fingerprint density at radius 2 is 1.47 bits per heavy atom. The number of rotatable bonds is 5. The van der Waals surface area contributed by atoms with Crippen LogP contribution in [0.15, 0.2) is 0 Å². The van der Waals surface area contributed by atoms with Crippen LogP contribution in [0.2, 0.25) is 0 Å². The van der Waals surface area contributed by atoms with Gasteiger partial charge in [-0.2, -0.15) is 0 Å². The summed E-state index contributed by atoms with van der Waals surface area (Å²) in [6.07, 6.45) is -10.5. The largest absolute Gasteiger partial charge is 0.394 e. The molecular formula is C39H64O14. The second kappa shape index (κ2) is 14.1. The van der Waals surface area contributed by atoms with Crippen molar-refractivity contribution in [2.75, 3.05) is 13.2 Å². The molecule has 0 amide bonds. The molecule has 0 bridgehead atoms. The molecule has 0 aromatic carbocycles. The molecule has 0 unspecified atom stereocenters. The van der Waals surface area contributed by atoms with Gasteiger partial charge in [0.2, 0.25) is 0 Å². The quantitative estimate of drug-likeness (QED) is 0.179. The van der Waals surface area contributed by atoms with Gasteiger partial charge < -0.3 is 69.3 Å². The summed E-state index contributed by atoms with van der Waals surface area (Å²) in [7, 11) is 0. The molecule has 304 valence electrons. The third-order valence-corrected chi connectivity index (χ3v) is 16.3. The number of fused-ring (bicyclic) bond motifs is 7. The van der Waals surface area contributed by atoms with Crippen LogP contribution in [-0.2, 0) is 28.4 Å². The molecule has 8 N–H and O–H groups in total. The van der Waals surface area contributed by atoms with Gasteiger partial charge >= 0.3 is 0 Å². The predicted molar refractivity (Wildman–Crippen MR) is 184 cm³/mol. The van der Waals surface area contributed by atoms with Crippen LogP contribution in [-0.4, -0.2) is 146 Å². The van der Waals surface area contributed by atoms with Gasteiger partial charge in [0.15, 0.2) is 18.4 Å². The SMILES string of the molecule is C[C@@H]1CC[C@@]2(OC1)O[C@H]1C[C@H]3[C@@H]4CC[C@H]5C[C@@H](O[C@@H]6O[C@H](CO)[C@H](O)[C@H](O)[C@H]6O[C@@H]6O[C@@H](C)[C@H](O)[C@@H](O)[C@H]6O)[C@H](O)[C@@H](O)[C@]5(C)[C@H]4CC[C@]3(C)[C@H]1[C@@H]2C. The van der Waals surface area contributed by atoms with Crippen LogP contribution in [0.3, 0.4) is 0 Å². The van der Waals surface area contributed by atoms with Crippen LogP contribution in [0.25, 0.3) is 0 Å². The summed E-state index contributed by atoms with van der Waals surface area (Å²) in [5.74, 6) is 1.86. The van der Waals surface area contributed by atoms with E-state index in [1.54, 1.807) is 0 Å². The average molecular weight is 757 g/mol. The Kier molecular flexibility index (Phi) is 10.4. The minimum absolute atomic E-state index is 0.0153. The number of aliphatic hydroxyl groups excluding tert-OH is 8. The van der Waals surface area contributed by atoms with Crippen molar-refractivity contribution >= 4 is 0 Å². The van der Waals surface area contributed by atoms with E-state index in [1.165, 1.54) is 6.92 Å². The lowest BCUT2D eigenvalue weighted by molar-refractivity contribution is -0.376. The van der Waals surface area contributed by atoms with E-state index in [0.717, 1.165) is 51.6 Å². The van der Waals surface area contributed by atoms with Crippen molar-refractivity contribution in [1.29, 1.82) is 0 Å². The molecule has 4 heterocycles. The van der Waals surface area contributed by atoms with E-state index >= 15 is 0 Å². The third-order valence-electron chi connectivity index (χ3n) is 16.3. The maximum absolute atomic E-state index is 12.1. The van der Waals surface area contributed by atoms with E-state index in [0.29, 0.717) is 36.0 Å². The monoisotopic (exact) mass is 756 g/mol. The Morgan fingerprint density at radius 1 is 0.717 bits per heavy atom. The van der Waals surface area contributed by atoms with Crippen LogP contribution in [0, 0.1) is 52.3 Å². The summed E-state index contributed by atoms with van der Waals surface area (Å²) in [5.41, 5.74) is -0.463. The predicted octanol–water partition coefficient (Wildman–Crippen LogP) is 0.411. The van der Waals surface area contributed by atoms with Crippen molar-refractivity contribution in [3.05, 3.63) is 0 Å². The van der Waals surface area contributed by atoms with Gasteiger partial charge in [-0.1, -0.05) is 27.7 Å². The summed E-state index contributed by atoms with van der Waals surface area (Å²) < 4.78 is 37.2. The fourth-order valence-electron chi connectivity index (χ4n) is 13.2. The van der Waals surface area contributed by atoms with Gasteiger partial charge in [-0.15, -0.1) is 0 Å². The first-order chi connectivity index (χ1) is 25.1. The lowest BCUT2D eigenvalue weighted by Crippen LogP contribution is -2.67. The van der Waals surface area contributed by atoms with Crippen molar-refractivity contribution in [2.45, 2.75) is 178 Å². The van der Waals surface area contributed by atoms with Crippen molar-refractivity contribution in [1.82, 2.24) is 0 Å². The van der Waals surface area contributed by atoms with Gasteiger partial charge in [-0.25, -0.2) is 0 Å². The Bertz CT molecular complexity index is 1310. The minimum Gasteiger partial charge on any atom is -0.394 e. The third kappa shape index (κ3) is 5.94. The molecule has 8 fully saturated rings. The van der Waals surface area contributed by atoms with E-state index < -0.39 is 97.5 Å². The van der Waals surface area contributed by atoms with Gasteiger partial charge in [-0.3, -0.25) is 0 Å². The lowest BCUT2D eigenvalue weighted by Gasteiger charge is -2.63. The van der Waals surface area contributed by atoms with E-state index in [2.05, 4.69) is 27.7 Å². The summed E-state index contributed by atoms with van der Waals surface area (Å²) >= 11 is 0. The maximum Gasteiger partial charge on any atom is 0.187 e. The molecule has 0 aromatic heterocycles. The highest BCUT2D eigenvalue weighted by molar-refractivity contribution is 5.17. The van der Waals surface area contributed by atoms with Crippen LogP contribution in [0.1, 0.15) is 86.0 Å². The molecule has 4 aliphatic heterocycles. The van der Waals surface area contributed by atoms with E-state index in [4.69, 9.17) is 28.4 Å². The number of ether oxygens (including phenoxy) is 6. The molecule has 8 aliphatic rings. The van der Waals surface area contributed by atoms with Crippen molar-refractivity contribution < 1.29 is 69.3 Å². The smallest absolute Gasteiger partial charge is 0.187 e. The molecule has 1 spiro atoms. The number of aliphatic hydroxyl groups is 8. The summed E-state index contributed by atoms with van der Waals surface area (Å²) in [6.45, 7) is 10.8. The van der Waals surface area contributed by atoms with E-state index in [9.17, 15) is 40.9 Å². The second-order valence-electron chi connectivity index (χ2n) is 18.9. The zero-order chi connectivity index (χ0) is 37.9. The van der Waals surface area contributed by atoms with E-state index in [1.807, 2.05) is 0 Å². The fourth-order valence-corrected chi connectivity index (χ4v) is 13.2. The Hall–Kier alpha value is -0.560. The minimum atomic E-state index is -1.70. The Balaban J connectivity index is 0.983. The molecule has 4 aliphatic carbocycles. The highest BCUT2D eigenvalue weighted by Gasteiger charge is 2.70. The first-order valence-electron chi connectivity index (χ1n) is 20.4. The highest BCUT2D eigenvalue weighted by Crippen LogP contribution is 2.71. The number of hydrogen-bond acceptors (Lipinski definition) is 14. The van der Waals surface area contributed by atoms with Gasteiger partial charge in [0, 0.05) is 17.8 Å². The van der Waals surface area contributed by atoms with Crippen LogP contribution < -0.4 is 0 Å². The second-order valence-corrected chi connectivity index (χ2v) is 18.9. The fraction of sp³-hybridized carbons (Fsp3) is 1.00. The van der Waals surface area contributed by atoms with Crippen molar-refractivity contribution in [3.8, 4) is 0 Å². The summed E-state index contributed by atoms with van der Waals surface area (Å²) in [6, 6.07) is 0. The normalized spacial score (nSPS) is 61.0. The van der Waals surface area contributed by atoms with Gasteiger partial charge in [0.1, 0.15) is 48.8 Å². The Morgan fingerprint density at radius 3 is 2.17 bits per heavy atom. The van der Waals surface area contributed by atoms with Crippen molar-refractivity contribution in [2.24, 2.45) is 52.3 Å². The first-order valence-corrected chi connectivity index (χ1v) is 20.4. The van der Waals surface area contributed by atoms with E-state index in [-0.39, 0.29) is 23.4 Å². The molecule has 14 nitrogen and oxygen atoms in total. The first kappa shape index (κ1) is 39.3. The maximum atomic E-state index is 12.1. The molecular weight excluding hydrogens is 692 g/mol. The zero-order valence-electron chi connectivity index (χ0n) is 31.7. The highest BCUT2D eigenvalue weighted by atomic mass is 16.8.